The van der Waals surface area contributed by atoms with Crippen molar-refractivity contribution in [1.29, 1.82) is 0 Å². The molecule has 0 aromatic heterocycles. The fraction of sp³-hybridized carbons (Fsp3) is 1.00. The molecule has 0 unspecified atom stereocenters. The van der Waals surface area contributed by atoms with Crippen LogP contribution < -0.4 is 0 Å². The normalized spacial score (nSPS) is 17.3. The highest BCUT2D eigenvalue weighted by atomic mass is 19.5. The van der Waals surface area contributed by atoms with E-state index in [-0.39, 0.29) is 0 Å². The van der Waals surface area contributed by atoms with Crippen LogP contribution in [0.1, 0.15) is 0 Å². The standard InChI is InChI=1S/C13F28/c14-2(6(18,19)20,7(21,22)23)1(3(15,8(24,25)26)9(27,28)29,4(16,10(30,31)32)11(33,34)35)5(17,12(36,37)38)13(39,40)41. The van der Waals surface area contributed by atoms with Crippen LogP contribution in [0.5, 0.6) is 0 Å². The highest BCUT2D eigenvalue weighted by Crippen LogP contribution is 2.82. The lowest BCUT2D eigenvalue weighted by atomic mass is 9.45. The van der Waals surface area contributed by atoms with E-state index in [1.807, 2.05) is 0 Å². The van der Waals surface area contributed by atoms with Gasteiger partial charge in [0.25, 0.3) is 0 Å². The number of alkyl halides is 28. The molecular weight excluding hydrogens is 688 g/mol. The summed E-state index contributed by atoms with van der Waals surface area (Å²) < 4.78 is 376. The van der Waals surface area contributed by atoms with Gasteiger partial charge in [-0.1, -0.05) is 0 Å². The predicted octanol–water partition coefficient (Wildman–Crippen LogP) is 9.30. The van der Waals surface area contributed by atoms with Crippen molar-refractivity contribution in [2.75, 3.05) is 0 Å². The van der Waals surface area contributed by atoms with Crippen LogP contribution in [0.4, 0.5) is 123 Å². The summed E-state index contributed by atoms with van der Waals surface area (Å²) in [5.74, 6) is 0. The number of rotatable bonds is 4. The lowest BCUT2D eigenvalue weighted by Gasteiger charge is -2.62. The molecule has 0 rings (SSSR count). The van der Waals surface area contributed by atoms with E-state index < -0.39 is 77.5 Å². The molecule has 0 fully saturated rings. The van der Waals surface area contributed by atoms with E-state index in [4.69, 9.17) is 0 Å². The minimum Gasteiger partial charge on any atom is -0.222 e. The third-order valence-electron chi connectivity index (χ3n) is 5.19. The van der Waals surface area contributed by atoms with Crippen molar-refractivity contribution in [3.05, 3.63) is 0 Å². The maximum atomic E-state index is 14.8. The first-order valence-corrected chi connectivity index (χ1v) is 8.29. The summed E-state index contributed by atoms with van der Waals surface area (Å²) in [6.45, 7) is 0. The Morgan fingerprint density at radius 3 is 0.268 bits per heavy atom. The largest absolute Gasteiger partial charge is 0.432 e. The molecule has 0 saturated heterocycles. The average Bonchev–Trinajstić information content (AvgIpc) is 2.60. The predicted molar refractivity (Wildman–Crippen MR) is 66.2 cm³/mol. The molecule has 0 radical (unpaired) electrons. The van der Waals surface area contributed by atoms with Crippen LogP contribution in [0.15, 0.2) is 0 Å². The summed E-state index contributed by atoms with van der Waals surface area (Å²) in [7, 11) is 0. The van der Waals surface area contributed by atoms with Crippen LogP contribution in [-0.4, -0.2) is 72.1 Å². The quantitative estimate of drug-likeness (QED) is 0.259. The lowest BCUT2D eigenvalue weighted by Crippen LogP contribution is -2.94. The molecule has 0 bridgehead atoms. The molecule has 0 aromatic rings. The fourth-order valence-electron chi connectivity index (χ4n) is 3.77. The minimum atomic E-state index is -11.9. The second-order valence-electron chi connectivity index (χ2n) is 7.37. The highest BCUT2D eigenvalue weighted by Gasteiger charge is 3.13. The Labute approximate surface area is 202 Å². The van der Waals surface area contributed by atoms with Gasteiger partial charge >= 0.3 is 72.1 Å². The zero-order chi connectivity index (χ0) is 34.5. The second kappa shape index (κ2) is 9.03. The Bertz CT molecular complexity index is 718. The maximum Gasteiger partial charge on any atom is 0.432 e. The van der Waals surface area contributed by atoms with Gasteiger partial charge in [-0.05, 0) is 0 Å². The van der Waals surface area contributed by atoms with Gasteiger partial charge in [-0.2, -0.15) is 105 Å². The molecular formula is C13F28. The van der Waals surface area contributed by atoms with Crippen LogP contribution in [0.3, 0.4) is 0 Å². The minimum absolute atomic E-state index is 10.0. The van der Waals surface area contributed by atoms with Crippen LogP contribution in [0, 0.1) is 5.41 Å². The first-order valence-electron chi connectivity index (χ1n) is 8.29. The second-order valence-corrected chi connectivity index (χ2v) is 7.37. The van der Waals surface area contributed by atoms with Crippen LogP contribution >= 0.6 is 0 Å². The van der Waals surface area contributed by atoms with Gasteiger partial charge in [-0.15, -0.1) is 0 Å². The van der Waals surface area contributed by atoms with E-state index >= 15 is 0 Å². The third-order valence-corrected chi connectivity index (χ3v) is 5.19. The zero-order valence-corrected chi connectivity index (χ0v) is 17.1. The Morgan fingerprint density at radius 1 is 0.146 bits per heavy atom. The number of hydrogen-bond acceptors (Lipinski definition) is 0. The van der Waals surface area contributed by atoms with Crippen molar-refractivity contribution < 1.29 is 123 Å². The lowest BCUT2D eigenvalue weighted by molar-refractivity contribution is -0.553. The van der Waals surface area contributed by atoms with Crippen molar-refractivity contribution >= 4 is 0 Å². The Balaban J connectivity index is 10.5. The zero-order valence-electron chi connectivity index (χ0n) is 17.1. The Hall–Kier alpha value is -1.96. The van der Waals surface area contributed by atoms with Crippen molar-refractivity contribution in [2.24, 2.45) is 5.41 Å². The highest BCUT2D eigenvalue weighted by molar-refractivity contribution is 5.38. The monoisotopic (exact) mass is 688 g/mol. The topological polar surface area (TPSA) is 0 Å². The molecule has 28 heteroatoms. The van der Waals surface area contributed by atoms with Crippen LogP contribution in [-0.2, 0) is 0 Å². The van der Waals surface area contributed by atoms with Crippen molar-refractivity contribution in [3.8, 4) is 0 Å². The van der Waals surface area contributed by atoms with E-state index in [0.29, 0.717) is 0 Å². The summed E-state index contributed by atoms with van der Waals surface area (Å²) in [4.78, 5) is 0. The molecule has 0 aromatic carbocycles. The molecule has 248 valence electrons. The van der Waals surface area contributed by atoms with Gasteiger partial charge < -0.3 is 0 Å². The molecule has 0 aliphatic rings. The SMILES string of the molecule is FC(F)(F)C(F)(C(F)(F)F)C(C(F)(C(F)(F)F)C(F)(F)F)(C(F)(C(F)(F)F)C(F)(F)F)C(F)(C(F)(F)F)C(F)(F)F. The summed E-state index contributed by atoms with van der Waals surface area (Å²) in [5, 5.41) is 0. The van der Waals surface area contributed by atoms with Crippen LogP contribution in [0.25, 0.3) is 0 Å². The fourth-order valence-corrected chi connectivity index (χ4v) is 3.77. The van der Waals surface area contributed by atoms with E-state index in [1.165, 1.54) is 0 Å². The third kappa shape index (κ3) is 4.39. The first kappa shape index (κ1) is 39.0. The van der Waals surface area contributed by atoms with Gasteiger partial charge in [0.1, 0.15) is 0 Å². The molecule has 0 heterocycles. The molecule has 0 amide bonds. The van der Waals surface area contributed by atoms with Crippen LogP contribution in [0.2, 0.25) is 0 Å². The van der Waals surface area contributed by atoms with Gasteiger partial charge in [0.2, 0.25) is 0 Å². The van der Waals surface area contributed by atoms with E-state index in [9.17, 15) is 123 Å². The molecule has 0 spiro atoms. The summed E-state index contributed by atoms with van der Waals surface area (Å²) in [5.41, 5.74) is -56.1. The number of hydrogen-bond donors (Lipinski definition) is 0. The Morgan fingerprint density at radius 2 is 0.220 bits per heavy atom. The molecule has 0 nitrogen and oxygen atoms in total. The molecule has 0 N–H and O–H groups in total. The molecule has 0 aliphatic carbocycles. The first-order chi connectivity index (χ1) is 17.0. The van der Waals surface area contributed by atoms with Gasteiger partial charge in [0, 0.05) is 0 Å². The van der Waals surface area contributed by atoms with Gasteiger partial charge in [0.05, 0.1) is 0 Å². The summed E-state index contributed by atoms with van der Waals surface area (Å²) in [6, 6.07) is 0. The van der Waals surface area contributed by atoms with E-state index in [1.54, 1.807) is 0 Å². The molecule has 0 atom stereocenters. The molecule has 41 heavy (non-hydrogen) atoms. The number of halogens is 28. The van der Waals surface area contributed by atoms with Gasteiger partial charge in [-0.25, -0.2) is 17.6 Å². The smallest absolute Gasteiger partial charge is 0.222 e. The molecule has 0 saturated carbocycles. The van der Waals surface area contributed by atoms with Crippen molar-refractivity contribution in [3.63, 3.8) is 0 Å². The van der Waals surface area contributed by atoms with Gasteiger partial charge in [0.15, 0.2) is 5.41 Å². The summed E-state index contributed by atoms with van der Waals surface area (Å²) in [6.07, 6.45) is -80.1. The Kier molecular flexibility index (Phi) is 8.59. The van der Waals surface area contributed by atoms with Gasteiger partial charge in [-0.3, -0.25) is 0 Å². The maximum absolute atomic E-state index is 14.8. The van der Waals surface area contributed by atoms with Crippen molar-refractivity contribution in [1.82, 2.24) is 0 Å². The average molecular weight is 688 g/mol. The summed E-state index contributed by atoms with van der Waals surface area (Å²) >= 11 is 0. The van der Waals surface area contributed by atoms with Crippen molar-refractivity contribution in [2.45, 2.75) is 72.1 Å². The van der Waals surface area contributed by atoms with E-state index in [2.05, 4.69) is 0 Å². The van der Waals surface area contributed by atoms with E-state index in [0.717, 1.165) is 0 Å². The molecule has 0 aliphatic heterocycles.